The topological polar surface area (TPSA) is 87.9 Å². The molecule has 0 radical (unpaired) electrons. The number of esters is 2. The molecule has 0 amide bonds. The molecule has 0 spiro atoms. The number of rotatable bonds is 10. The first kappa shape index (κ1) is 26.9. The van der Waals surface area contributed by atoms with E-state index in [1.54, 1.807) is 19.9 Å². The molecule has 1 unspecified atom stereocenters. The van der Waals surface area contributed by atoms with E-state index in [1.807, 2.05) is 66.7 Å². The van der Waals surface area contributed by atoms with Crippen LogP contribution in [-0.2, 0) is 38.5 Å². The zero-order chi connectivity index (χ0) is 27.1. The Balaban J connectivity index is 1.37. The molecule has 38 heavy (non-hydrogen) atoms. The van der Waals surface area contributed by atoms with Gasteiger partial charge in [-0.3, -0.25) is 9.59 Å². The fourth-order valence-electron chi connectivity index (χ4n) is 3.94. The van der Waals surface area contributed by atoms with Crippen LogP contribution in [0.1, 0.15) is 41.0 Å². The highest BCUT2D eigenvalue weighted by Gasteiger charge is 2.21. The maximum atomic E-state index is 12.7. The van der Waals surface area contributed by atoms with Crippen molar-refractivity contribution >= 4 is 23.5 Å². The van der Waals surface area contributed by atoms with E-state index in [2.05, 4.69) is 9.89 Å². The third kappa shape index (κ3) is 6.81. The Morgan fingerprint density at radius 1 is 0.921 bits per heavy atom. The average Bonchev–Trinajstić information content (AvgIpc) is 3.28. The van der Waals surface area contributed by atoms with Crippen molar-refractivity contribution in [1.82, 2.24) is 5.16 Å². The van der Waals surface area contributed by atoms with Gasteiger partial charge in [0, 0.05) is 21.7 Å². The number of halogens is 1. The van der Waals surface area contributed by atoms with Crippen LogP contribution >= 0.6 is 11.6 Å². The Labute approximate surface area is 226 Å². The molecular formula is C30H28ClNO6. The van der Waals surface area contributed by atoms with Crippen LogP contribution in [0.25, 0.3) is 11.3 Å². The van der Waals surface area contributed by atoms with Crippen LogP contribution < -0.4 is 4.74 Å². The molecule has 0 fully saturated rings. The largest absolute Gasteiger partial charge is 0.489 e. The molecule has 0 N–H and O–H groups in total. The lowest BCUT2D eigenvalue weighted by Crippen LogP contribution is -2.12. The molecule has 4 aromatic rings. The van der Waals surface area contributed by atoms with E-state index >= 15 is 0 Å². The minimum Gasteiger partial charge on any atom is -0.489 e. The Bertz CT molecular complexity index is 1400. The van der Waals surface area contributed by atoms with Crippen LogP contribution in [0, 0.1) is 6.92 Å². The van der Waals surface area contributed by atoms with Crippen molar-refractivity contribution in [2.24, 2.45) is 0 Å². The number of hydrogen-bond acceptors (Lipinski definition) is 7. The number of carbonyl (C=O) groups is 2. The average molecular weight is 534 g/mol. The molecule has 0 bridgehead atoms. The summed E-state index contributed by atoms with van der Waals surface area (Å²) in [4.78, 5) is 24.1. The number of nitrogens with zero attached hydrogens (tertiary/aromatic N) is 1. The lowest BCUT2D eigenvalue weighted by Gasteiger charge is -2.15. The predicted molar refractivity (Wildman–Crippen MR) is 143 cm³/mol. The summed E-state index contributed by atoms with van der Waals surface area (Å²) < 4.78 is 21.7. The van der Waals surface area contributed by atoms with Gasteiger partial charge in [-0.25, -0.2) is 0 Å². The van der Waals surface area contributed by atoms with E-state index < -0.39 is 12.1 Å². The SMILES string of the molecule is COC(=O)Cc1ccc(OCc2ccc(-c3onc(C)c3CC(=O)OC(C)c3ccccc3Cl)cc2)cc1. The van der Waals surface area contributed by atoms with Crippen molar-refractivity contribution in [2.75, 3.05) is 7.11 Å². The summed E-state index contributed by atoms with van der Waals surface area (Å²) in [7, 11) is 1.37. The molecule has 1 heterocycles. The summed E-state index contributed by atoms with van der Waals surface area (Å²) in [5, 5.41) is 4.62. The molecule has 0 aliphatic rings. The first-order valence-corrected chi connectivity index (χ1v) is 12.5. The smallest absolute Gasteiger partial charge is 0.311 e. The Kier molecular flexibility index (Phi) is 8.81. The molecule has 0 saturated carbocycles. The Morgan fingerprint density at radius 2 is 1.61 bits per heavy atom. The molecule has 196 valence electrons. The second kappa shape index (κ2) is 12.4. The summed E-state index contributed by atoms with van der Waals surface area (Å²) >= 11 is 6.23. The summed E-state index contributed by atoms with van der Waals surface area (Å²) in [6.45, 7) is 3.95. The van der Waals surface area contributed by atoms with Gasteiger partial charge in [0.25, 0.3) is 0 Å². The van der Waals surface area contributed by atoms with Crippen molar-refractivity contribution in [2.45, 2.75) is 39.4 Å². The van der Waals surface area contributed by atoms with Crippen LogP contribution in [0.3, 0.4) is 0 Å². The summed E-state index contributed by atoms with van der Waals surface area (Å²) in [5.41, 5.74) is 4.66. The number of ether oxygens (including phenoxy) is 3. The quantitative estimate of drug-likeness (QED) is 0.217. The zero-order valence-electron chi connectivity index (χ0n) is 21.4. The van der Waals surface area contributed by atoms with E-state index in [0.717, 1.165) is 22.3 Å². The number of benzene rings is 3. The van der Waals surface area contributed by atoms with Crippen molar-refractivity contribution in [3.63, 3.8) is 0 Å². The summed E-state index contributed by atoms with van der Waals surface area (Å²) in [5.74, 6) is 0.541. The van der Waals surface area contributed by atoms with Crippen molar-refractivity contribution in [3.05, 3.63) is 106 Å². The van der Waals surface area contributed by atoms with Gasteiger partial charge < -0.3 is 18.7 Å². The van der Waals surface area contributed by atoms with Crippen LogP contribution in [0.4, 0.5) is 0 Å². The van der Waals surface area contributed by atoms with E-state index in [0.29, 0.717) is 34.4 Å². The highest BCUT2D eigenvalue weighted by Crippen LogP contribution is 2.29. The van der Waals surface area contributed by atoms with Crippen molar-refractivity contribution < 1.29 is 28.3 Å². The van der Waals surface area contributed by atoms with Crippen molar-refractivity contribution in [3.8, 4) is 17.1 Å². The monoisotopic (exact) mass is 533 g/mol. The molecule has 3 aromatic carbocycles. The van der Waals surface area contributed by atoms with Gasteiger partial charge >= 0.3 is 11.9 Å². The number of hydrogen-bond donors (Lipinski definition) is 0. The third-order valence-corrected chi connectivity index (χ3v) is 6.42. The first-order valence-electron chi connectivity index (χ1n) is 12.1. The molecule has 8 heteroatoms. The van der Waals surface area contributed by atoms with E-state index in [9.17, 15) is 9.59 Å². The van der Waals surface area contributed by atoms with Crippen LogP contribution in [0.15, 0.2) is 77.3 Å². The molecular weight excluding hydrogens is 506 g/mol. The summed E-state index contributed by atoms with van der Waals surface area (Å²) in [6.07, 6.45) is -0.237. The number of aryl methyl sites for hydroxylation is 1. The fraction of sp³-hybridized carbons (Fsp3) is 0.233. The number of aromatic nitrogens is 1. The molecule has 0 aliphatic heterocycles. The zero-order valence-corrected chi connectivity index (χ0v) is 22.2. The second-order valence-corrected chi connectivity index (χ2v) is 9.20. The lowest BCUT2D eigenvalue weighted by molar-refractivity contribution is -0.147. The highest BCUT2D eigenvalue weighted by atomic mass is 35.5. The van der Waals surface area contributed by atoms with Gasteiger partial charge in [-0.05, 0) is 43.2 Å². The van der Waals surface area contributed by atoms with E-state index in [-0.39, 0.29) is 18.8 Å². The van der Waals surface area contributed by atoms with Gasteiger partial charge in [0.2, 0.25) is 0 Å². The van der Waals surface area contributed by atoms with E-state index in [4.69, 9.17) is 25.6 Å². The van der Waals surface area contributed by atoms with Gasteiger partial charge in [0.05, 0.1) is 25.6 Å². The van der Waals surface area contributed by atoms with Gasteiger partial charge in [-0.15, -0.1) is 0 Å². The van der Waals surface area contributed by atoms with E-state index in [1.165, 1.54) is 7.11 Å². The first-order chi connectivity index (χ1) is 18.3. The highest BCUT2D eigenvalue weighted by molar-refractivity contribution is 6.31. The minimum absolute atomic E-state index is 0.0241. The maximum absolute atomic E-state index is 12.7. The number of carbonyl (C=O) groups excluding carboxylic acids is 2. The van der Waals surface area contributed by atoms with Gasteiger partial charge in [-0.1, -0.05) is 71.4 Å². The molecule has 4 rings (SSSR count). The predicted octanol–water partition coefficient (Wildman–Crippen LogP) is 6.44. The van der Waals surface area contributed by atoms with Gasteiger partial charge in [0.15, 0.2) is 5.76 Å². The van der Waals surface area contributed by atoms with Crippen LogP contribution in [0.2, 0.25) is 5.02 Å². The molecule has 7 nitrogen and oxygen atoms in total. The lowest BCUT2D eigenvalue weighted by atomic mass is 10.0. The number of methoxy groups -OCH3 is 1. The molecule has 0 aliphatic carbocycles. The van der Waals surface area contributed by atoms with Gasteiger partial charge in [-0.2, -0.15) is 0 Å². The Hall–Kier alpha value is -4.10. The standard InChI is InChI=1S/C30H28ClNO6/c1-19-26(17-29(34)37-20(2)25-6-4-5-7-27(25)31)30(38-32-19)23-12-8-22(9-13-23)18-36-24-14-10-21(11-15-24)16-28(33)35-3/h4-15,20H,16-18H2,1-3H3. The molecule has 1 atom stereocenters. The third-order valence-electron chi connectivity index (χ3n) is 6.08. The maximum Gasteiger partial charge on any atom is 0.311 e. The molecule has 1 aromatic heterocycles. The second-order valence-electron chi connectivity index (χ2n) is 8.79. The van der Waals surface area contributed by atoms with Crippen LogP contribution in [-0.4, -0.2) is 24.2 Å². The Morgan fingerprint density at radius 3 is 2.29 bits per heavy atom. The summed E-state index contributed by atoms with van der Waals surface area (Å²) in [6, 6.07) is 22.3. The molecule has 0 saturated heterocycles. The fourth-order valence-corrected chi connectivity index (χ4v) is 4.23. The minimum atomic E-state index is -0.483. The van der Waals surface area contributed by atoms with Crippen LogP contribution in [0.5, 0.6) is 5.75 Å². The van der Waals surface area contributed by atoms with Crippen molar-refractivity contribution in [1.29, 1.82) is 0 Å². The van der Waals surface area contributed by atoms with Gasteiger partial charge in [0.1, 0.15) is 18.5 Å². The normalized spacial score (nSPS) is 11.6.